The van der Waals surface area contributed by atoms with Gasteiger partial charge in [0.25, 0.3) is 0 Å². The van der Waals surface area contributed by atoms with Crippen molar-refractivity contribution in [1.82, 2.24) is 25.1 Å². The van der Waals surface area contributed by atoms with Crippen LogP contribution < -0.4 is 5.73 Å². The third kappa shape index (κ3) is 2.97. The Bertz CT molecular complexity index is 680. The molecule has 0 saturated carbocycles. The zero-order valence-corrected chi connectivity index (χ0v) is 11.4. The molecule has 3 heterocycles. The molecule has 2 N–H and O–H groups in total. The second kappa shape index (κ2) is 5.74. The lowest BCUT2D eigenvalue weighted by atomic mass is 10.2. The van der Waals surface area contributed by atoms with E-state index in [0.29, 0.717) is 29.0 Å². The number of thiazole rings is 1. The number of hydrogen-bond acceptors (Lipinski definition) is 8. The van der Waals surface area contributed by atoms with Gasteiger partial charge in [0, 0.05) is 24.2 Å². The molecule has 3 aromatic heterocycles. The van der Waals surface area contributed by atoms with Gasteiger partial charge in [-0.2, -0.15) is 4.98 Å². The molecule has 0 spiro atoms. The molecule has 0 aliphatic rings. The summed E-state index contributed by atoms with van der Waals surface area (Å²) in [5.74, 6) is 1.06. The summed E-state index contributed by atoms with van der Waals surface area (Å²) in [5, 5.41) is 6.46. The average Bonchev–Trinajstić information content (AvgIpc) is 3.09. The van der Waals surface area contributed by atoms with Crippen molar-refractivity contribution in [3.63, 3.8) is 0 Å². The van der Waals surface area contributed by atoms with E-state index in [4.69, 9.17) is 10.3 Å². The largest absolute Gasteiger partial charge is 0.375 e. The van der Waals surface area contributed by atoms with Gasteiger partial charge < -0.3 is 10.3 Å². The topological polar surface area (TPSA) is 104 Å². The standard InChI is InChI=1S/C12H12N6OS/c13-12-16-8(7-20-12)2-1-3-10-17-11(18-19-10)9-6-14-4-5-15-9/h4-7H,1-3H2,(H2,13,16). The van der Waals surface area contributed by atoms with E-state index in [2.05, 4.69) is 25.1 Å². The highest BCUT2D eigenvalue weighted by Gasteiger charge is 2.09. The Labute approximate surface area is 118 Å². The molecule has 0 atom stereocenters. The van der Waals surface area contributed by atoms with Crippen LogP contribution in [0.15, 0.2) is 28.5 Å². The Balaban J connectivity index is 1.58. The minimum atomic E-state index is 0.464. The van der Waals surface area contributed by atoms with E-state index in [1.54, 1.807) is 18.6 Å². The minimum Gasteiger partial charge on any atom is -0.375 e. The molecule has 0 aliphatic heterocycles. The fourth-order valence-corrected chi connectivity index (χ4v) is 2.33. The highest BCUT2D eigenvalue weighted by molar-refractivity contribution is 7.13. The van der Waals surface area contributed by atoms with E-state index in [9.17, 15) is 0 Å². The summed E-state index contributed by atoms with van der Waals surface area (Å²) >= 11 is 1.45. The first-order valence-corrected chi connectivity index (χ1v) is 6.98. The Hall–Kier alpha value is -2.35. The molecule has 102 valence electrons. The van der Waals surface area contributed by atoms with Gasteiger partial charge in [0.2, 0.25) is 11.7 Å². The average molecular weight is 288 g/mol. The van der Waals surface area contributed by atoms with Gasteiger partial charge >= 0.3 is 0 Å². The molecule has 3 rings (SSSR count). The van der Waals surface area contributed by atoms with Gasteiger partial charge in [-0.15, -0.1) is 11.3 Å². The van der Waals surface area contributed by atoms with E-state index in [1.807, 2.05) is 5.38 Å². The van der Waals surface area contributed by atoms with Crippen LogP contribution in [0.4, 0.5) is 5.13 Å². The van der Waals surface area contributed by atoms with Crippen LogP contribution >= 0.6 is 11.3 Å². The number of nitrogen functional groups attached to an aromatic ring is 1. The number of aryl methyl sites for hydroxylation is 2. The first kappa shape index (κ1) is 12.7. The zero-order valence-electron chi connectivity index (χ0n) is 10.6. The maximum atomic E-state index is 5.58. The maximum absolute atomic E-state index is 5.58. The molecule has 0 amide bonds. The van der Waals surface area contributed by atoms with Crippen LogP contribution in [0.5, 0.6) is 0 Å². The van der Waals surface area contributed by atoms with Gasteiger partial charge in [-0.1, -0.05) is 5.16 Å². The van der Waals surface area contributed by atoms with Crippen LogP contribution in [0.2, 0.25) is 0 Å². The number of hydrogen-bond donors (Lipinski definition) is 1. The second-order valence-electron chi connectivity index (χ2n) is 4.13. The lowest BCUT2D eigenvalue weighted by Crippen LogP contribution is -1.92. The molecule has 0 aliphatic carbocycles. The SMILES string of the molecule is Nc1nc(CCCc2nc(-c3cnccn3)no2)cs1. The predicted molar refractivity (Wildman–Crippen MR) is 73.9 cm³/mol. The normalized spacial score (nSPS) is 10.8. The van der Waals surface area contributed by atoms with E-state index < -0.39 is 0 Å². The van der Waals surface area contributed by atoms with Gasteiger partial charge in [0.15, 0.2) is 5.13 Å². The molecule has 0 fully saturated rings. The van der Waals surface area contributed by atoms with Gasteiger partial charge in [0.1, 0.15) is 5.69 Å². The van der Waals surface area contributed by atoms with Gasteiger partial charge in [-0.3, -0.25) is 4.98 Å². The van der Waals surface area contributed by atoms with Crippen molar-refractivity contribution >= 4 is 16.5 Å². The van der Waals surface area contributed by atoms with Crippen LogP contribution in [0.1, 0.15) is 18.0 Å². The molecule has 8 heteroatoms. The summed E-state index contributed by atoms with van der Waals surface area (Å²) in [4.78, 5) is 16.6. The van der Waals surface area contributed by atoms with Crippen LogP contribution in [-0.2, 0) is 12.8 Å². The number of aromatic nitrogens is 5. The summed E-state index contributed by atoms with van der Waals surface area (Å²) in [6.07, 6.45) is 7.22. The third-order valence-electron chi connectivity index (χ3n) is 2.65. The number of nitrogens with two attached hydrogens (primary N) is 1. The summed E-state index contributed by atoms with van der Waals surface area (Å²) in [7, 11) is 0. The molecule has 0 unspecified atom stereocenters. The second-order valence-corrected chi connectivity index (χ2v) is 5.02. The van der Waals surface area contributed by atoms with Crippen molar-refractivity contribution in [3.8, 4) is 11.5 Å². The van der Waals surface area contributed by atoms with Crippen molar-refractivity contribution in [2.24, 2.45) is 0 Å². The molecule has 0 bridgehead atoms. The van der Waals surface area contributed by atoms with Gasteiger partial charge in [0.05, 0.1) is 11.9 Å². The lowest BCUT2D eigenvalue weighted by molar-refractivity contribution is 0.376. The van der Waals surface area contributed by atoms with E-state index in [1.165, 1.54) is 11.3 Å². The van der Waals surface area contributed by atoms with Crippen LogP contribution in [-0.4, -0.2) is 25.1 Å². The fourth-order valence-electron chi connectivity index (χ4n) is 1.73. The molecule has 20 heavy (non-hydrogen) atoms. The van der Waals surface area contributed by atoms with Crippen molar-refractivity contribution in [1.29, 1.82) is 0 Å². The molecule has 3 aromatic rings. The Morgan fingerprint density at radius 1 is 1.20 bits per heavy atom. The number of anilines is 1. The smallest absolute Gasteiger partial charge is 0.227 e. The third-order valence-corrected chi connectivity index (χ3v) is 3.38. The van der Waals surface area contributed by atoms with E-state index in [0.717, 1.165) is 18.5 Å². The van der Waals surface area contributed by atoms with Crippen molar-refractivity contribution in [3.05, 3.63) is 35.6 Å². The fraction of sp³-hybridized carbons (Fsp3) is 0.250. The highest BCUT2D eigenvalue weighted by atomic mass is 32.1. The zero-order chi connectivity index (χ0) is 13.8. The van der Waals surface area contributed by atoms with Gasteiger partial charge in [-0.05, 0) is 12.8 Å². The molecule has 0 saturated heterocycles. The summed E-state index contributed by atoms with van der Waals surface area (Å²) in [6, 6.07) is 0. The monoisotopic (exact) mass is 288 g/mol. The van der Waals surface area contributed by atoms with Crippen molar-refractivity contribution in [2.45, 2.75) is 19.3 Å². The molecule has 0 aromatic carbocycles. The predicted octanol–water partition coefficient (Wildman–Crippen LogP) is 1.74. The van der Waals surface area contributed by atoms with Crippen molar-refractivity contribution in [2.75, 3.05) is 5.73 Å². The highest BCUT2D eigenvalue weighted by Crippen LogP contribution is 2.15. The molecular formula is C12H12N6OS. The van der Waals surface area contributed by atoms with Crippen molar-refractivity contribution < 1.29 is 4.52 Å². The Morgan fingerprint density at radius 2 is 2.15 bits per heavy atom. The summed E-state index contributed by atoms with van der Waals surface area (Å²) in [6.45, 7) is 0. The first-order chi connectivity index (χ1) is 9.81. The van der Waals surface area contributed by atoms with Crippen LogP contribution in [0.25, 0.3) is 11.5 Å². The number of nitrogens with zero attached hydrogens (tertiary/aromatic N) is 5. The van der Waals surface area contributed by atoms with E-state index in [-0.39, 0.29) is 0 Å². The molecule has 0 radical (unpaired) electrons. The number of rotatable bonds is 5. The van der Waals surface area contributed by atoms with Gasteiger partial charge in [-0.25, -0.2) is 9.97 Å². The van der Waals surface area contributed by atoms with E-state index >= 15 is 0 Å². The maximum Gasteiger partial charge on any atom is 0.227 e. The van der Waals surface area contributed by atoms with Crippen LogP contribution in [0.3, 0.4) is 0 Å². The quantitative estimate of drug-likeness (QED) is 0.762. The minimum absolute atomic E-state index is 0.464. The Kier molecular flexibility index (Phi) is 3.64. The summed E-state index contributed by atoms with van der Waals surface area (Å²) in [5.41, 5.74) is 7.19. The van der Waals surface area contributed by atoms with Crippen LogP contribution in [0, 0.1) is 0 Å². The Morgan fingerprint density at radius 3 is 2.90 bits per heavy atom. The lowest BCUT2D eigenvalue weighted by Gasteiger charge is -1.93. The molecular weight excluding hydrogens is 276 g/mol. The first-order valence-electron chi connectivity index (χ1n) is 6.10. The molecule has 7 nitrogen and oxygen atoms in total. The summed E-state index contributed by atoms with van der Waals surface area (Å²) < 4.78 is 5.19.